The maximum Gasteiger partial charge on any atom is 0.280 e. The van der Waals surface area contributed by atoms with E-state index in [0.29, 0.717) is 26.6 Å². The number of hydrogen-bond acceptors (Lipinski definition) is 2. The second-order valence-electron chi connectivity index (χ2n) is 5.06. The molecule has 2 aromatic rings. The molecule has 0 aliphatic heterocycles. The molecule has 1 atom stereocenters. The third kappa shape index (κ3) is 5.23. The van der Waals surface area contributed by atoms with Gasteiger partial charge in [-0.2, -0.15) is 0 Å². The van der Waals surface area contributed by atoms with Crippen LogP contribution < -0.4 is 10.2 Å². The largest absolute Gasteiger partial charge is 0.326 e. The molecular formula is C15H14Cl4N3O+. The monoisotopic (exact) mass is 392 g/mol. The number of likely N-dealkylation sites (N-methyl/N-ethyl adjacent to an activating group) is 1. The summed E-state index contributed by atoms with van der Waals surface area (Å²) in [7, 11) is 1.88. The Kier molecular flexibility index (Phi) is 6.50. The van der Waals surface area contributed by atoms with Gasteiger partial charge in [-0.05, 0) is 12.1 Å². The van der Waals surface area contributed by atoms with Gasteiger partial charge in [0.25, 0.3) is 5.91 Å². The Hall–Kier alpha value is -1.04. The molecular weight excluding hydrogens is 380 g/mol. The van der Waals surface area contributed by atoms with Gasteiger partial charge < -0.3 is 10.2 Å². The Morgan fingerprint density at radius 2 is 1.96 bits per heavy atom. The Morgan fingerprint density at radius 3 is 2.65 bits per heavy atom. The highest BCUT2D eigenvalue weighted by molar-refractivity contribution is 6.42. The van der Waals surface area contributed by atoms with Crippen molar-refractivity contribution in [3.8, 4) is 0 Å². The van der Waals surface area contributed by atoms with Crippen molar-refractivity contribution in [2.45, 2.75) is 6.54 Å². The van der Waals surface area contributed by atoms with Crippen LogP contribution in [0.15, 0.2) is 30.5 Å². The smallest absolute Gasteiger partial charge is 0.280 e. The van der Waals surface area contributed by atoms with Gasteiger partial charge in [0.1, 0.15) is 6.54 Å². The third-order valence-corrected chi connectivity index (χ3v) is 4.40. The summed E-state index contributed by atoms with van der Waals surface area (Å²) < 4.78 is 0. The summed E-state index contributed by atoms with van der Waals surface area (Å²) in [4.78, 5) is 17.0. The summed E-state index contributed by atoms with van der Waals surface area (Å²) in [6.45, 7) is 0.790. The average Bonchev–Trinajstić information content (AvgIpc) is 2.47. The van der Waals surface area contributed by atoms with Crippen molar-refractivity contribution in [1.82, 2.24) is 4.98 Å². The molecule has 23 heavy (non-hydrogen) atoms. The van der Waals surface area contributed by atoms with Gasteiger partial charge in [0, 0.05) is 11.8 Å². The fraction of sp³-hybridized carbons (Fsp3) is 0.200. The van der Waals surface area contributed by atoms with Crippen LogP contribution in [0.1, 0.15) is 5.56 Å². The molecule has 1 heterocycles. The summed E-state index contributed by atoms with van der Waals surface area (Å²) in [5.41, 5.74) is 0.882. The van der Waals surface area contributed by atoms with E-state index in [1.165, 1.54) is 12.3 Å². The molecule has 8 heteroatoms. The van der Waals surface area contributed by atoms with Gasteiger partial charge in [0.15, 0.2) is 12.4 Å². The van der Waals surface area contributed by atoms with Gasteiger partial charge in [0.05, 0.1) is 27.1 Å². The number of amides is 1. The van der Waals surface area contributed by atoms with E-state index in [9.17, 15) is 4.79 Å². The van der Waals surface area contributed by atoms with Crippen molar-refractivity contribution in [1.29, 1.82) is 0 Å². The van der Waals surface area contributed by atoms with E-state index >= 15 is 0 Å². The summed E-state index contributed by atoms with van der Waals surface area (Å²) in [5.74, 6) is 0.0760. The number of nitrogens with one attached hydrogen (secondary N) is 2. The van der Waals surface area contributed by atoms with Crippen molar-refractivity contribution in [3.63, 3.8) is 0 Å². The van der Waals surface area contributed by atoms with Crippen LogP contribution in [0.4, 0.5) is 5.82 Å². The highest BCUT2D eigenvalue weighted by Crippen LogP contribution is 2.25. The maximum atomic E-state index is 12.1. The van der Waals surface area contributed by atoms with Gasteiger partial charge in [-0.15, -0.1) is 0 Å². The molecule has 122 valence electrons. The first kappa shape index (κ1) is 18.3. The van der Waals surface area contributed by atoms with Crippen molar-refractivity contribution in [3.05, 3.63) is 56.1 Å². The maximum absolute atomic E-state index is 12.1. The molecule has 4 nitrogen and oxygen atoms in total. The lowest BCUT2D eigenvalue weighted by molar-refractivity contribution is -0.885. The van der Waals surface area contributed by atoms with Crippen LogP contribution in [0.5, 0.6) is 0 Å². The molecule has 1 amide bonds. The highest BCUT2D eigenvalue weighted by Gasteiger charge is 2.15. The van der Waals surface area contributed by atoms with E-state index in [4.69, 9.17) is 46.4 Å². The molecule has 0 saturated heterocycles. The molecule has 0 bridgehead atoms. The van der Waals surface area contributed by atoms with Crippen LogP contribution in [-0.4, -0.2) is 24.5 Å². The number of hydrogen-bond donors (Lipinski definition) is 2. The fourth-order valence-corrected chi connectivity index (χ4v) is 2.84. The van der Waals surface area contributed by atoms with Crippen molar-refractivity contribution in [2.24, 2.45) is 0 Å². The first-order valence-electron chi connectivity index (χ1n) is 6.72. The lowest BCUT2D eigenvalue weighted by Crippen LogP contribution is -3.08. The zero-order chi connectivity index (χ0) is 17.0. The SMILES string of the molecule is C[NH+](CC(=O)Nc1ncc(Cl)cc1Cl)Cc1cccc(Cl)c1Cl. The van der Waals surface area contributed by atoms with Crippen LogP contribution in [0.25, 0.3) is 0 Å². The average molecular weight is 394 g/mol. The van der Waals surface area contributed by atoms with Gasteiger partial charge in [-0.3, -0.25) is 4.79 Å². The number of aromatic nitrogens is 1. The van der Waals surface area contributed by atoms with Gasteiger partial charge in [-0.25, -0.2) is 4.98 Å². The van der Waals surface area contributed by atoms with E-state index in [1.54, 1.807) is 6.07 Å². The van der Waals surface area contributed by atoms with E-state index in [0.717, 1.165) is 10.5 Å². The van der Waals surface area contributed by atoms with Crippen molar-refractivity contribution in [2.75, 3.05) is 18.9 Å². The molecule has 1 aromatic heterocycles. The number of benzene rings is 1. The van der Waals surface area contributed by atoms with Crippen LogP contribution >= 0.6 is 46.4 Å². The predicted molar refractivity (Wildman–Crippen MR) is 94.8 cm³/mol. The van der Waals surface area contributed by atoms with Gasteiger partial charge in [0.2, 0.25) is 0 Å². The standard InChI is InChI=1S/C15H13Cl4N3O/c1-22(7-9-3-2-4-11(17)14(9)19)8-13(23)21-15-12(18)5-10(16)6-20-15/h2-6H,7-8H2,1H3,(H,20,21,23)/p+1. The molecule has 0 aliphatic rings. The topological polar surface area (TPSA) is 46.4 Å². The molecule has 0 aliphatic carbocycles. The third-order valence-electron chi connectivity index (χ3n) is 3.05. The Balaban J connectivity index is 1.95. The molecule has 0 spiro atoms. The Morgan fingerprint density at radius 1 is 1.22 bits per heavy atom. The number of nitrogens with zero attached hydrogens (tertiary/aromatic N) is 1. The summed E-state index contributed by atoms with van der Waals surface area (Å²) >= 11 is 23.9. The Bertz CT molecular complexity index is 724. The van der Waals surface area contributed by atoms with Crippen molar-refractivity contribution < 1.29 is 9.69 Å². The van der Waals surface area contributed by atoms with E-state index in [2.05, 4.69) is 10.3 Å². The lowest BCUT2D eigenvalue weighted by Gasteiger charge is -2.15. The highest BCUT2D eigenvalue weighted by atomic mass is 35.5. The molecule has 0 radical (unpaired) electrons. The first-order valence-corrected chi connectivity index (χ1v) is 8.23. The molecule has 1 aromatic carbocycles. The van der Waals surface area contributed by atoms with Gasteiger partial charge in [-0.1, -0.05) is 58.5 Å². The number of carbonyl (C=O) groups excluding carboxylic acids is 1. The minimum absolute atomic E-state index is 0.211. The molecule has 2 rings (SSSR count). The van der Waals surface area contributed by atoms with Crippen LogP contribution in [0.3, 0.4) is 0 Å². The molecule has 0 fully saturated rings. The van der Waals surface area contributed by atoms with Crippen molar-refractivity contribution >= 4 is 58.1 Å². The van der Waals surface area contributed by atoms with Crippen LogP contribution in [0, 0.1) is 0 Å². The number of quaternary nitrogens is 1. The summed E-state index contributed by atoms with van der Waals surface area (Å²) in [6.07, 6.45) is 1.42. The zero-order valence-electron chi connectivity index (χ0n) is 12.2. The second-order valence-corrected chi connectivity index (χ2v) is 6.68. The van der Waals surface area contributed by atoms with Gasteiger partial charge >= 0.3 is 0 Å². The number of rotatable bonds is 5. The van der Waals surface area contributed by atoms with Crippen LogP contribution in [0.2, 0.25) is 20.1 Å². The fourth-order valence-electron chi connectivity index (χ4n) is 2.03. The minimum atomic E-state index is -0.211. The second kappa shape index (κ2) is 8.18. The van der Waals surface area contributed by atoms with E-state index in [1.807, 2.05) is 19.2 Å². The summed E-state index contributed by atoms with van der Waals surface area (Å²) in [6, 6.07) is 6.96. The number of anilines is 1. The number of halogens is 4. The zero-order valence-corrected chi connectivity index (χ0v) is 15.2. The molecule has 2 N–H and O–H groups in total. The minimum Gasteiger partial charge on any atom is -0.326 e. The number of carbonyl (C=O) groups is 1. The first-order chi connectivity index (χ1) is 10.9. The normalized spacial score (nSPS) is 12.0. The molecule has 0 saturated carbocycles. The summed E-state index contributed by atoms with van der Waals surface area (Å²) in [5, 5.41) is 4.37. The molecule has 1 unspecified atom stereocenters. The van der Waals surface area contributed by atoms with E-state index < -0.39 is 0 Å². The quantitative estimate of drug-likeness (QED) is 0.818. The van der Waals surface area contributed by atoms with Crippen LogP contribution in [-0.2, 0) is 11.3 Å². The Labute approximate surface area is 154 Å². The lowest BCUT2D eigenvalue weighted by atomic mass is 10.2. The van der Waals surface area contributed by atoms with E-state index in [-0.39, 0.29) is 18.3 Å². The predicted octanol–water partition coefficient (Wildman–Crippen LogP) is 3.35. The number of pyridine rings is 1.